The van der Waals surface area contributed by atoms with E-state index in [2.05, 4.69) is 5.32 Å². The van der Waals surface area contributed by atoms with Crippen LogP contribution in [0.2, 0.25) is 0 Å². The average molecular weight is 341 g/mol. The zero-order valence-electron chi connectivity index (χ0n) is 12.9. The number of hydrogen-bond donors (Lipinski definition) is 1. The molecular formula is C18H12FNO5. The van der Waals surface area contributed by atoms with Crippen LogP contribution in [-0.2, 0) is 6.54 Å². The Morgan fingerprint density at radius 2 is 1.92 bits per heavy atom. The molecule has 4 rings (SSSR count). The SMILES string of the molecule is O=C(NCc1cc(=O)oc2cc(F)ccc12)c1ccc2c(c1)OCO2. The third-order valence-electron chi connectivity index (χ3n) is 3.87. The molecule has 1 aromatic heterocycles. The minimum atomic E-state index is -0.606. The van der Waals surface area contributed by atoms with E-state index >= 15 is 0 Å². The first-order chi connectivity index (χ1) is 12.1. The standard InChI is InChI=1S/C18H12FNO5/c19-12-2-3-13-11(6-17(21)25-15(13)7-12)8-20-18(22)10-1-4-14-16(5-10)24-9-23-14/h1-7H,8-9H2,(H,20,22). The maximum Gasteiger partial charge on any atom is 0.336 e. The van der Waals surface area contributed by atoms with Gasteiger partial charge in [-0.1, -0.05) is 0 Å². The van der Waals surface area contributed by atoms with E-state index in [1.807, 2.05) is 0 Å². The molecule has 0 unspecified atom stereocenters. The summed E-state index contributed by atoms with van der Waals surface area (Å²) in [5.74, 6) is 0.262. The van der Waals surface area contributed by atoms with E-state index in [-0.39, 0.29) is 24.8 Å². The van der Waals surface area contributed by atoms with E-state index < -0.39 is 11.4 Å². The first-order valence-electron chi connectivity index (χ1n) is 7.50. The van der Waals surface area contributed by atoms with Gasteiger partial charge in [0.25, 0.3) is 5.91 Å². The summed E-state index contributed by atoms with van der Waals surface area (Å²) in [7, 11) is 0. The molecule has 0 bridgehead atoms. The van der Waals surface area contributed by atoms with Crippen LogP contribution in [0.15, 0.2) is 51.7 Å². The Bertz CT molecular complexity index is 1040. The molecule has 2 heterocycles. The molecule has 1 aliphatic rings. The van der Waals surface area contributed by atoms with Crippen LogP contribution in [0.1, 0.15) is 15.9 Å². The van der Waals surface area contributed by atoms with E-state index in [4.69, 9.17) is 13.9 Å². The molecule has 25 heavy (non-hydrogen) atoms. The van der Waals surface area contributed by atoms with Crippen molar-refractivity contribution in [2.24, 2.45) is 0 Å². The lowest BCUT2D eigenvalue weighted by Gasteiger charge is -2.08. The number of nitrogens with one attached hydrogen (secondary N) is 1. The quantitative estimate of drug-likeness (QED) is 0.741. The van der Waals surface area contributed by atoms with Gasteiger partial charge in [0.05, 0.1) is 0 Å². The van der Waals surface area contributed by atoms with Crippen LogP contribution in [0, 0.1) is 5.82 Å². The molecule has 1 aliphatic heterocycles. The summed E-state index contributed by atoms with van der Waals surface area (Å²) in [6.45, 7) is 0.226. The Morgan fingerprint density at radius 1 is 1.08 bits per heavy atom. The monoisotopic (exact) mass is 341 g/mol. The summed E-state index contributed by atoms with van der Waals surface area (Å²) >= 11 is 0. The van der Waals surface area contributed by atoms with E-state index in [1.165, 1.54) is 18.2 Å². The normalized spacial score (nSPS) is 12.4. The van der Waals surface area contributed by atoms with E-state index in [1.54, 1.807) is 18.2 Å². The lowest BCUT2D eigenvalue weighted by molar-refractivity contribution is 0.0950. The van der Waals surface area contributed by atoms with Crippen LogP contribution < -0.4 is 20.4 Å². The summed E-state index contributed by atoms with van der Waals surface area (Å²) in [5, 5.41) is 3.29. The number of amides is 1. The molecule has 0 aliphatic carbocycles. The van der Waals surface area contributed by atoms with Crippen LogP contribution in [0.4, 0.5) is 4.39 Å². The van der Waals surface area contributed by atoms with Gasteiger partial charge in [0, 0.05) is 29.6 Å². The van der Waals surface area contributed by atoms with Gasteiger partial charge in [0.2, 0.25) is 6.79 Å². The molecule has 0 saturated heterocycles. The first kappa shape index (κ1) is 15.2. The maximum absolute atomic E-state index is 13.3. The summed E-state index contributed by atoms with van der Waals surface area (Å²) in [5.41, 5.74) is 0.480. The van der Waals surface area contributed by atoms with Gasteiger partial charge in [-0.15, -0.1) is 0 Å². The molecule has 2 aromatic carbocycles. The van der Waals surface area contributed by atoms with Gasteiger partial charge in [-0.25, -0.2) is 9.18 Å². The molecule has 1 N–H and O–H groups in total. The second-order valence-corrected chi connectivity index (χ2v) is 5.48. The van der Waals surface area contributed by atoms with Crippen molar-refractivity contribution in [3.63, 3.8) is 0 Å². The van der Waals surface area contributed by atoms with Crippen molar-refractivity contribution < 1.29 is 23.1 Å². The minimum absolute atomic E-state index is 0.0982. The third kappa shape index (κ3) is 2.91. The molecule has 0 atom stereocenters. The minimum Gasteiger partial charge on any atom is -0.454 e. The highest BCUT2D eigenvalue weighted by Crippen LogP contribution is 2.32. The Kier molecular flexibility index (Phi) is 3.61. The van der Waals surface area contributed by atoms with Crippen molar-refractivity contribution >= 4 is 16.9 Å². The number of hydrogen-bond acceptors (Lipinski definition) is 5. The molecule has 0 radical (unpaired) electrons. The van der Waals surface area contributed by atoms with Gasteiger partial charge < -0.3 is 19.2 Å². The fourth-order valence-corrected chi connectivity index (χ4v) is 2.67. The van der Waals surface area contributed by atoms with Crippen molar-refractivity contribution in [3.05, 3.63) is 69.8 Å². The highest BCUT2D eigenvalue weighted by Gasteiger charge is 2.16. The molecule has 0 spiro atoms. The number of ether oxygens (including phenoxy) is 2. The van der Waals surface area contributed by atoms with Crippen LogP contribution in [-0.4, -0.2) is 12.7 Å². The van der Waals surface area contributed by atoms with Crippen molar-refractivity contribution in [1.29, 1.82) is 0 Å². The first-order valence-corrected chi connectivity index (χ1v) is 7.50. The number of benzene rings is 2. The van der Waals surface area contributed by atoms with Crippen LogP contribution in [0.3, 0.4) is 0 Å². The van der Waals surface area contributed by atoms with E-state index in [0.717, 1.165) is 6.07 Å². The zero-order valence-corrected chi connectivity index (χ0v) is 12.9. The molecule has 0 fully saturated rings. The third-order valence-corrected chi connectivity index (χ3v) is 3.87. The Hall–Kier alpha value is -3.35. The van der Waals surface area contributed by atoms with Gasteiger partial charge >= 0.3 is 5.63 Å². The largest absolute Gasteiger partial charge is 0.454 e. The Morgan fingerprint density at radius 3 is 2.80 bits per heavy atom. The number of carbonyl (C=O) groups excluding carboxylic acids is 1. The van der Waals surface area contributed by atoms with Gasteiger partial charge in [-0.3, -0.25) is 4.79 Å². The van der Waals surface area contributed by atoms with Crippen LogP contribution in [0.5, 0.6) is 11.5 Å². The Balaban J connectivity index is 1.58. The van der Waals surface area contributed by atoms with Crippen molar-refractivity contribution in [2.45, 2.75) is 6.54 Å². The van der Waals surface area contributed by atoms with Crippen molar-refractivity contribution in [1.82, 2.24) is 5.32 Å². The van der Waals surface area contributed by atoms with E-state index in [0.29, 0.717) is 28.0 Å². The highest BCUT2D eigenvalue weighted by atomic mass is 19.1. The lowest BCUT2D eigenvalue weighted by Crippen LogP contribution is -2.23. The molecule has 126 valence electrons. The summed E-state index contributed by atoms with van der Waals surface area (Å²) < 4.78 is 28.7. The van der Waals surface area contributed by atoms with E-state index in [9.17, 15) is 14.0 Å². The molecular weight excluding hydrogens is 329 g/mol. The van der Waals surface area contributed by atoms with Crippen molar-refractivity contribution in [3.8, 4) is 11.5 Å². The fraction of sp³-hybridized carbons (Fsp3) is 0.111. The van der Waals surface area contributed by atoms with Crippen LogP contribution >= 0.6 is 0 Å². The summed E-state index contributed by atoms with van der Waals surface area (Å²) in [6.07, 6.45) is 0. The number of carbonyl (C=O) groups is 1. The number of halogens is 1. The van der Waals surface area contributed by atoms with Crippen LogP contribution in [0.25, 0.3) is 11.0 Å². The highest BCUT2D eigenvalue weighted by molar-refractivity contribution is 5.95. The average Bonchev–Trinajstić information content (AvgIpc) is 3.06. The molecule has 1 amide bonds. The second-order valence-electron chi connectivity index (χ2n) is 5.48. The van der Waals surface area contributed by atoms with Gasteiger partial charge in [-0.2, -0.15) is 0 Å². The fourth-order valence-electron chi connectivity index (χ4n) is 2.67. The summed E-state index contributed by atoms with van der Waals surface area (Å²) in [6, 6.07) is 10.1. The molecule has 3 aromatic rings. The van der Waals surface area contributed by atoms with Gasteiger partial charge in [0.1, 0.15) is 11.4 Å². The molecule has 6 nitrogen and oxygen atoms in total. The zero-order chi connectivity index (χ0) is 17.4. The smallest absolute Gasteiger partial charge is 0.336 e. The Labute approximate surface area is 140 Å². The predicted molar refractivity (Wildman–Crippen MR) is 86.2 cm³/mol. The van der Waals surface area contributed by atoms with Gasteiger partial charge in [0.15, 0.2) is 11.5 Å². The molecule has 7 heteroatoms. The number of fused-ring (bicyclic) bond motifs is 2. The predicted octanol–water partition coefficient (Wildman–Crippen LogP) is 2.59. The van der Waals surface area contributed by atoms with Gasteiger partial charge in [-0.05, 0) is 35.9 Å². The summed E-state index contributed by atoms with van der Waals surface area (Å²) in [4.78, 5) is 23.9. The maximum atomic E-state index is 13.3. The topological polar surface area (TPSA) is 77.8 Å². The number of rotatable bonds is 3. The molecule has 0 saturated carbocycles. The van der Waals surface area contributed by atoms with Crippen molar-refractivity contribution in [2.75, 3.05) is 6.79 Å². The second kappa shape index (κ2) is 5.94. The lowest BCUT2D eigenvalue weighted by atomic mass is 10.1.